The van der Waals surface area contributed by atoms with Gasteiger partial charge in [-0.3, -0.25) is 4.79 Å². The molecule has 2 rings (SSSR count). The molecule has 0 bridgehead atoms. The van der Waals surface area contributed by atoms with Gasteiger partial charge in [0, 0.05) is 0 Å². The summed E-state index contributed by atoms with van der Waals surface area (Å²) in [5, 5.41) is 6.15. The molecule has 2 N–H and O–H groups in total. The molecule has 0 radical (unpaired) electrons. The van der Waals surface area contributed by atoms with Crippen molar-refractivity contribution in [2.45, 2.75) is 45.2 Å². The Balaban J connectivity index is 0.00000200. The lowest BCUT2D eigenvalue weighted by Crippen LogP contribution is -2.47. The molecular formula is C15H22ClFN2O. The summed E-state index contributed by atoms with van der Waals surface area (Å²) in [7, 11) is 0. The van der Waals surface area contributed by atoms with Gasteiger partial charge in [-0.1, -0.05) is 18.6 Å². The number of benzene rings is 1. The van der Waals surface area contributed by atoms with Crippen LogP contribution in [0.5, 0.6) is 0 Å². The van der Waals surface area contributed by atoms with Crippen molar-refractivity contribution in [1.82, 2.24) is 10.6 Å². The van der Waals surface area contributed by atoms with Crippen LogP contribution in [-0.2, 0) is 4.79 Å². The molecule has 2 atom stereocenters. The molecule has 1 aromatic carbocycles. The summed E-state index contributed by atoms with van der Waals surface area (Å²) in [6, 6.07) is 4.82. The minimum atomic E-state index is -0.227. The molecule has 1 heterocycles. The lowest BCUT2D eigenvalue weighted by molar-refractivity contribution is -0.124. The Hall–Kier alpha value is -1.13. The number of hydrogen-bond acceptors (Lipinski definition) is 2. The normalized spacial score (nSPS) is 19.9. The Morgan fingerprint density at radius 3 is 2.80 bits per heavy atom. The van der Waals surface area contributed by atoms with Crippen LogP contribution in [0.25, 0.3) is 0 Å². The van der Waals surface area contributed by atoms with Crippen molar-refractivity contribution in [3.05, 3.63) is 35.1 Å². The fourth-order valence-electron chi connectivity index (χ4n) is 2.35. The van der Waals surface area contributed by atoms with Gasteiger partial charge in [0.05, 0.1) is 12.1 Å². The molecule has 1 aliphatic heterocycles. The minimum absolute atomic E-state index is 0. The van der Waals surface area contributed by atoms with E-state index in [9.17, 15) is 9.18 Å². The fraction of sp³-hybridized carbons (Fsp3) is 0.533. The lowest BCUT2D eigenvalue weighted by atomic mass is 10.0. The van der Waals surface area contributed by atoms with Crippen LogP contribution in [0.15, 0.2) is 18.2 Å². The van der Waals surface area contributed by atoms with Crippen molar-refractivity contribution in [3.63, 3.8) is 0 Å². The molecule has 3 nitrogen and oxygen atoms in total. The summed E-state index contributed by atoms with van der Waals surface area (Å²) in [6.45, 7) is 4.50. The summed E-state index contributed by atoms with van der Waals surface area (Å²) in [5.41, 5.74) is 1.42. The number of halogens is 2. The number of piperidine rings is 1. The number of amides is 1. The van der Waals surface area contributed by atoms with Gasteiger partial charge in [0.2, 0.25) is 5.91 Å². The van der Waals surface area contributed by atoms with Crippen LogP contribution in [0, 0.1) is 12.7 Å². The largest absolute Gasteiger partial charge is 0.348 e. The zero-order chi connectivity index (χ0) is 13.8. The van der Waals surface area contributed by atoms with Crippen molar-refractivity contribution in [2.75, 3.05) is 6.54 Å². The van der Waals surface area contributed by atoms with Gasteiger partial charge in [0.15, 0.2) is 0 Å². The van der Waals surface area contributed by atoms with E-state index in [1.807, 2.05) is 13.0 Å². The lowest BCUT2D eigenvalue weighted by Gasteiger charge is -2.24. The molecule has 2 unspecified atom stereocenters. The molecular weight excluding hydrogens is 279 g/mol. The highest BCUT2D eigenvalue weighted by Crippen LogP contribution is 2.17. The monoisotopic (exact) mass is 300 g/mol. The average molecular weight is 301 g/mol. The van der Waals surface area contributed by atoms with E-state index in [2.05, 4.69) is 10.6 Å². The highest BCUT2D eigenvalue weighted by molar-refractivity contribution is 5.85. The number of aryl methyl sites for hydroxylation is 1. The smallest absolute Gasteiger partial charge is 0.237 e. The predicted octanol–water partition coefficient (Wildman–Crippen LogP) is 2.88. The topological polar surface area (TPSA) is 41.1 Å². The van der Waals surface area contributed by atoms with Gasteiger partial charge in [-0.15, -0.1) is 12.4 Å². The van der Waals surface area contributed by atoms with E-state index in [1.165, 1.54) is 6.07 Å². The van der Waals surface area contributed by atoms with Crippen LogP contribution < -0.4 is 10.6 Å². The fourth-order valence-corrected chi connectivity index (χ4v) is 2.35. The van der Waals surface area contributed by atoms with E-state index < -0.39 is 0 Å². The molecule has 0 spiro atoms. The predicted molar refractivity (Wildman–Crippen MR) is 80.6 cm³/mol. The zero-order valence-corrected chi connectivity index (χ0v) is 12.7. The van der Waals surface area contributed by atoms with E-state index in [4.69, 9.17) is 0 Å². The van der Waals surface area contributed by atoms with Gasteiger partial charge in [0.25, 0.3) is 0 Å². The molecule has 1 saturated heterocycles. The Kier molecular flexibility index (Phi) is 6.43. The molecule has 1 aliphatic rings. The number of rotatable bonds is 3. The SMILES string of the molecule is Cc1ccc(C(C)NC(=O)C2CCCCN2)cc1F.Cl. The molecule has 1 amide bonds. The van der Waals surface area contributed by atoms with Gasteiger partial charge in [-0.25, -0.2) is 4.39 Å². The summed E-state index contributed by atoms with van der Waals surface area (Å²) in [6.07, 6.45) is 3.09. The second-order valence-corrected chi connectivity index (χ2v) is 5.24. The molecule has 1 fully saturated rings. The van der Waals surface area contributed by atoms with Gasteiger partial charge in [-0.05, 0) is 50.4 Å². The standard InChI is InChI=1S/C15H21FN2O.ClH/c1-10-6-7-12(9-13(10)16)11(2)18-15(19)14-5-3-4-8-17-14;/h6-7,9,11,14,17H,3-5,8H2,1-2H3,(H,18,19);1H. The maximum Gasteiger partial charge on any atom is 0.237 e. The summed E-state index contributed by atoms with van der Waals surface area (Å²) >= 11 is 0. The van der Waals surface area contributed by atoms with Gasteiger partial charge in [-0.2, -0.15) is 0 Å². The third kappa shape index (κ3) is 4.18. The molecule has 5 heteroatoms. The first-order valence-electron chi connectivity index (χ1n) is 6.87. The van der Waals surface area contributed by atoms with Crippen LogP contribution in [-0.4, -0.2) is 18.5 Å². The van der Waals surface area contributed by atoms with Gasteiger partial charge in [0.1, 0.15) is 5.82 Å². The zero-order valence-electron chi connectivity index (χ0n) is 11.9. The molecule has 1 aromatic rings. The first-order valence-corrected chi connectivity index (χ1v) is 6.87. The Morgan fingerprint density at radius 2 is 2.20 bits per heavy atom. The third-order valence-electron chi connectivity index (χ3n) is 3.68. The summed E-state index contributed by atoms with van der Waals surface area (Å²) in [5.74, 6) is -0.220. The second-order valence-electron chi connectivity index (χ2n) is 5.24. The van der Waals surface area contributed by atoms with Crippen LogP contribution in [0.1, 0.15) is 43.4 Å². The van der Waals surface area contributed by atoms with E-state index in [0.717, 1.165) is 31.4 Å². The van der Waals surface area contributed by atoms with Crippen molar-refractivity contribution >= 4 is 18.3 Å². The van der Waals surface area contributed by atoms with Crippen LogP contribution in [0.3, 0.4) is 0 Å². The van der Waals surface area contributed by atoms with E-state index in [1.54, 1.807) is 13.0 Å². The number of hydrogen-bond donors (Lipinski definition) is 2. The van der Waals surface area contributed by atoms with Crippen molar-refractivity contribution in [3.8, 4) is 0 Å². The highest BCUT2D eigenvalue weighted by atomic mass is 35.5. The van der Waals surface area contributed by atoms with Crippen LogP contribution >= 0.6 is 12.4 Å². The molecule has 20 heavy (non-hydrogen) atoms. The Morgan fingerprint density at radius 1 is 1.45 bits per heavy atom. The third-order valence-corrected chi connectivity index (χ3v) is 3.68. The Labute approximate surface area is 125 Å². The van der Waals surface area contributed by atoms with Crippen LogP contribution in [0.2, 0.25) is 0 Å². The maximum absolute atomic E-state index is 13.5. The second kappa shape index (κ2) is 7.60. The van der Waals surface area contributed by atoms with Crippen LogP contribution in [0.4, 0.5) is 4.39 Å². The summed E-state index contributed by atoms with van der Waals surface area (Å²) in [4.78, 5) is 12.1. The molecule has 0 aromatic heterocycles. The number of carbonyl (C=O) groups is 1. The Bertz CT molecular complexity index is 461. The quantitative estimate of drug-likeness (QED) is 0.901. The molecule has 0 aliphatic carbocycles. The van der Waals surface area contributed by atoms with Crippen molar-refractivity contribution in [1.29, 1.82) is 0 Å². The minimum Gasteiger partial charge on any atom is -0.348 e. The number of nitrogens with one attached hydrogen (secondary N) is 2. The summed E-state index contributed by atoms with van der Waals surface area (Å²) < 4.78 is 13.5. The van der Waals surface area contributed by atoms with E-state index >= 15 is 0 Å². The first-order chi connectivity index (χ1) is 9.08. The highest BCUT2D eigenvalue weighted by Gasteiger charge is 2.22. The number of carbonyl (C=O) groups excluding carboxylic acids is 1. The van der Waals surface area contributed by atoms with Crippen molar-refractivity contribution < 1.29 is 9.18 Å². The maximum atomic E-state index is 13.5. The van der Waals surface area contributed by atoms with Crippen molar-refractivity contribution in [2.24, 2.45) is 0 Å². The van der Waals surface area contributed by atoms with Gasteiger partial charge >= 0.3 is 0 Å². The van der Waals surface area contributed by atoms with E-state index in [-0.39, 0.29) is 36.2 Å². The van der Waals surface area contributed by atoms with Gasteiger partial charge < -0.3 is 10.6 Å². The average Bonchev–Trinajstić information content (AvgIpc) is 2.42. The molecule has 0 saturated carbocycles. The molecule has 112 valence electrons. The first kappa shape index (κ1) is 16.9. The van der Waals surface area contributed by atoms with E-state index in [0.29, 0.717) is 5.56 Å².